The second-order valence-electron chi connectivity index (χ2n) is 2.88. The van der Waals surface area contributed by atoms with Gasteiger partial charge < -0.3 is 14.9 Å². The van der Waals surface area contributed by atoms with E-state index in [-0.39, 0.29) is 24.9 Å². The van der Waals surface area contributed by atoms with Gasteiger partial charge in [-0.05, 0) is 13.3 Å². The molecule has 0 spiro atoms. The van der Waals surface area contributed by atoms with E-state index >= 15 is 0 Å². The minimum Gasteiger partial charge on any atom is -0.394 e. The fourth-order valence-corrected chi connectivity index (χ4v) is 1.34. The molecule has 1 rings (SSSR count). The normalized spacial score (nSPS) is 35.2. The number of rotatable bonds is 1. The number of hydrogen-bond acceptors (Lipinski definition) is 3. The zero-order valence-electron chi connectivity index (χ0n) is 8.16. The van der Waals surface area contributed by atoms with Crippen molar-refractivity contribution < 1.29 is 14.9 Å². The van der Waals surface area contributed by atoms with Gasteiger partial charge in [-0.25, -0.2) is 0 Å². The van der Waals surface area contributed by atoms with E-state index in [1.54, 1.807) is 0 Å². The van der Waals surface area contributed by atoms with Crippen LogP contribution in [0.3, 0.4) is 0 Å². The highest BCUT2D eigenvalue weighted by atomic mass is 16.5. The highest BCUT2D eigenvalue weighted by molar-refractivity contribution is 4.73. The maximum atomic E-state index is 9.19. The van der Waals surface area contributed by atoms with Crippen LogP contribution in [-0.4, -0.2) is 35.1 Å². The number of hydrogen-bond donors (Lipinski definition) is 2. The minimum absolute atomic E-state index is 0.0153. The molecule has 3 atom stereocenters. The van der Waals surface area contributed by atoms with Crippen LogP contribution < -0.4 is 0 Å². The third kappa shape index (κ3) is 4.04. The molecular weight excluding hydrogens is 156 g/mol. The number of aliphatic hydroxyl groups excluding tert-OH is 2. The average Bonchev–Trinajstić information content (AvgIpc) is 2.06. The van der Waals surface area contributed by atoms with Crippen LogP contribution in [-0.2, 0) is 4.74 Å². The SMILES string of the molecule is CC.CC1CC(O)CC(CO)O1. The third-order valence-electron chi connectivity index (χ3n) is 1.77. The van der Waals surface area contributed by atoms with Crippen molar-refractivity contribution in [3.8, 4) is 0 Å². The van der Waals surface area contributed by atoms with Gasteiger partial charge in [-0.15, -0.1) is 0 Å². The lowest BCUT2D eigenvalue weighted by atomic mass is 10.0. The summed E-state index contributed by atoms with van der Waals surface area (Å²) in [6, 6.07) is 0. The molecule has 0 aliphatic carbocycles. The van der Waals surface area contributed by atoms with Gasteiger partial charge in [0.2, 0.25) is 0 Å². The van der Waals surface area contributed by atoms with E-state index in [0.717, 1.165) is 0 Å². The van der Waals surface area contributed by atoms with E-state index in [2.05, 4.69) is 0 Å². The lowest BCUT2D eigenvalue weighted by Crippen LogP contribution is -2.35. The Bertz CT molecular complexity index is 95.9. The molecule has 1 heterocycles. The molecule has 2 N–H and O–H groups in total. The van der Waals surface area contributed by atoms with E-state index in [4.69, 9.17) is 9.84 Å². The van der Waals surface area contributed by atoms with E-state index in [1.165, 1.54) is 0 Å². The Morgan fingerprint density at radius 3 is 2.33 bits per heavy atom. The molecule has 0 amide bonds. The fourth-order valence-electron chi connectivity index (χ4n) is 1.34. The summed E-state index contributed by atoms with van der Waals surface area (Å²) < 4.78 is 5.30. The summed E-state index contributed by atoms with van der Waals surface area (Å²) >= 11 is 0. The van der Waals surface area contributed by atoms with Crippen LogP contribution in [0.2, 0.25) is 0 Å². The second kappa shape index (κ2) is 6.40. The average molecular weight is 176 g/mol. The van der Waals surface area contributed by atoms with Crippen molar-refractivity contribution in [2.75, 3.05) is 6.61 Å². The van der Waals surface area contributed by atoms with Crippen molar-refractivity contribution in [2.45, 2.75) is 51.9 Å². The second-order valence-corrected chi connectivity index (χ2v) is 2.88. The molecule has 0 aromatic rings. The van der Waals surface area contributed by atoms with Crippen molar-refractivity contribution in [3.63, 3.8) is 0 Å². The standard InChI is InChI=1S/C7H14O3.C2H6/c1-5-2-6(9)3-7(4-8)10-5;1-2/h5-9H,2-4H2,1H3;1-2H3. The quantitative estimate of drug-likeness (QED) is 0.625. The van der Waals surface area contributed by atoms with Crippen molar-refractivity contribution >= 4 is 0 Å². The van der Waals surface area contributed by atoms with Crippen LogP contribution >= 0.6 is 0 Å². The Kier molecular flexibility index (Phi) is 6.34. The zero-order chi connectivity index (χ0) is 9.56. The summed E-state index contributed by atoms with van der Waals surface area (Å²) in [6.45, 7) is 5.92. The molecule has 0 saturated carbocycles. The summed E-state index contributed by atoms with van der Waals surface area (Å²) in [5, 5.41) is 17.9. The number of aliphatic hydroxyl groups is 2. The third-order valence-corrected chi connectivity index (χ3v) is 1.77. The predicted octanol–water partition coefficient (Wildman–Crippen LogP) is 0.933. The first-order valence-electron chi connectivity index (χ1n) is 4.66. The predicted molar refractivity (Wildman–Crippen MR) is 48.0 cm³/mol. The molecule has 1 aliphatic heterocycles. The van der Waals surface area contributed by atoms with Gasteiger partial charge in [-0.1, -0.05) is 13.8 Å². The molecule has 12 heavy (non-hydrogen) atoms. The highest BCUT2D eigenvalue weighted by Crippen LogP contribution is 2.18. The zero-order valence-corrected chi connectivity index (χ0v) is 8.16. The van der Waals surface area contributed by atoms with E-state index < -0.39 is 0 Å². The molecule has 3 nitrogen and oxygen atoms in total. The maximum absolute atomic E-state index is 9.19. The summed E-state index contributed by atoms with van der Waals surface area (Å²) in [4.78, 5) is 0. The van der Waals surface area contributed by atoms with Gasteiger partial charge in [-0.2, -0.15) is 0 Å². The molecular formula is C9H20O3. The summed E-state index contributed by atoms with van der Waals surface area (Å²) in [7, 11) is 0. The molecule has 1 aliphatic rings. The van der Waals surface area contributed by atoms with Crippen LogP contribution in [0.5, 0.6) is 0 Å². The Labute approximate surface area is 74.4 Å². The number of ether oxygens (including phenoxy) is 1. The van der Waals surface area contributed by atoms with Crippen LogP contribution in [0.25, 0.3) is 0 Å². The first-order chi connectivity index (χ1) is 5.72. The summed E-state index contributed by atoms with van der Waals surface area (Å²) in [6.07, 6.45) is 0.901. The van der Waals surface area contributed by atoms with Gasteiger partial charge in [0, 0.05) is 6.42 Å². The molecule has 0 aromatic carbocycles. The largest absolute Gasteiger partial charge is 0.394 e. The van der Waals surface area contributed by atoms with Gasteiger partial charge in [-0.3, -0.25) is 0 Å². The summed E-state index contributed by atoms with van der Waals surface area (Å²) in [5.74, 6) is 0. The van der Waals surface area contributed by atoms with Crippen LogP contribution in [0.4, 0.5) is 0 Å². The molecule has 0 bridgehead atoms. The Hall–Kier alpha value is -0.120. The molecule has 3 heteroatoms. The molecule has 0 aromatic heterocycles. The van der Waals surface area contributed by atoms with Crippen molar-refractivity contribution in [1.82, 2.24) is 0 Å². The first-order valence-corrected chi connectivity index (χ1v) is 4.66. The lowest BCUT2D eigenvalue weighted by Gasteiger charge is -2.29. The van der Waals surface area contributed by atoms with Crippen LogP contribution in [0.1, 0.15) is 33.6 Å². The lowest BCUT2D eigenvalue weighted by molar-refractivity contribution is -0.104. The van der Waals surface area contributed by atoms with E-state index in [9.17, 15) is 5.11 Å². The van der Waals surface area contributed by atoms with Gasteiger partial charge >= 0.3 is 0 Å². The Morgan fingerprint density at radius 1 is 1.33 bits per heavy atom. The molecule has 1 fully saturated rings. The minimum atomic E-state index is -0.291. The molecule has 74 valence electrons. The van der Waals surface area contributed by atoms with E-state index in [1.807, 2.05) is 20.8 Å². The first kappa shape index (κ1) is 11.9. The van der Waals surface area contributed by atoms with Crippen LogP contribution in [0.15, 0.2) is 0 Å². The van der Waals surface area contributed by atoms with Crippen molar-refractivity contribution in [1.29, 1.82) is 0 Å². The van der Waals surface area contributed by atoms with Gasteiger partial charge in [0.15, 0.2) is 0 Å². The molecule has 1 saturated heterocycles. The fraction of sp³-hybridized carbons (Fsp3) is 1.00. The van der Waals surface area contributed by atoms with Crippen LogP contribution in [0, 0.1) is 0 Å². The smallest absolute Gasteiger partial charge is 0.0833 e. The summed E-state index contributed by atoms with van der Waals surface area (Å²) in [5.41, 5.74) is 0. The van der Waals surface area contributed by atoms with Crippen molar-refractivity contribution in [3.05, 3.63) is 0 Å². The monoisotopic (exact) mass is 176 g/mol. The van der Waals surface area contributed by atoms with E-state index in [0.29, 0.717) is 12.8 Å². The Balaban J connectivity index is 0.000000561. The highest BCUT2D eigenvalue weighted by Gasteiger charge is 2.24. The molecule has 0 radical (unpaired) electrons. The van der Waals surface area contributed by atoms with Crippen molar-refractivity contribution in [2.24, 2.45) is 0 Å². The van der Waals surface area contributed by atoms with Gasteiger partial charge in [0.05, 0.1) is 24.9 Å². The van der Waals surface area contributed by atoms with Gasteiger partial charge in [0.1, 0.15) is 0 Å². The topological polar surface area (TPSA) is 49.7 Å². The molecule has 3 unspecified atom stereocenters. The van der Waals surface area contributed by atoms with Gasteiger partial charge in [0.25, 0.3) is 0 Å². The maximum Gasteiger partial charge on any atom is 0.0833 e. The Morgan fingerprint density at radius 2 is 1.92 bits per heavy atom.